The van der Waals surface area contributed by atoms with Gasteiger partial charge in [0.15, 0.2) is 5.75 Å². The fraction of sp³-hybridized carbons (Fsp3) is 0.400. The van der Waals surface area contributed by atoms with E-state index < -0.39 is 4.92 Å². The number of halogens is 2. The van der Waals surface area contributed by atoms with Crippen LogP contribution in [0.1, 0.15) is 6.92 Å². The summed E-state index contributed by atoms with van der Waals surface area (Å²) in [4.78, 5) is 10.0. The highest BCUT2D eigenvalue weighted by atomic mass is 35.5. The molecule has 2 rings (SSSR count). The summed E-state index contributed by atoms with van der Waals surface area (Å²) < 4.78 is 10.6. The van der Waals surface area contributed by atoms with E-state index in [4.69, 9.17) is 32.7 Å². The average Bonchev–Trinajstić information content (AvgIpc) is 2.95. The number of nitro groups is 1. The maximum Gasteiger partial charge on any atom is 0.272 e. The van der Waals surface area contributed by atoms with Gasteiger partial charge in [0.25, 0.3) is 5.69 Å². The van der Waals surface area contributed by atoms with Crippen molar-refractivity contribution < 1.29 is 14.4 Å². The molecular weight excluding hydrogens is 269 g/mol. The number of nitrogens with zero attached hydrogens (tertiary/aromatic N) is 1. The number of benzene rings is 1. The Hall–Kier alpha value is -1.04. The lowest BCUT2D eigenvalue weighted by Crippen LogP contribution is -2.17. The van der Waals surface area contributed by atoms with E-state index in [-0.39, 0.29) is 27.1 Å². The standard InChI is InChI=1S/C10H9Cl2NO4/c1-10(5-17-10)4-16-9-7(11)2-6(13(14)15)3-8(9)12/h2-3H,4-5H2,1H3. The molecule has 1 atom stereocenters. The molecule has 1 fully saturated rings. The second-order valence-electron chi connectivity index (χ2n) is 4.02. The monoisotopic (exact) mass is 277 g/mol. The number of rotatable bonds is 4. The van der Waals surface area contributed by atoms with Gasteiger partial charge >= 0.3 is 0 Å². The first-order valence-corrected chi connectivity index (χ1v) is 5.57. The van der Waals surface area contributed by atoms with E-state index in [9.17, 15) is 10.1 Å². The van der Waals surface area contributed by atoms with Gasteiger partial charge in [-0.25, -0.2) is 0 Å². The van der Waals surface area contributed by atoms with Gasteiger partial charge in [0, 0.05) is 12.1 Å². The third kappa shape index (κ3) is 2.80. The third-order valence-electron chi connectivity index (χ3n) is 2.35. The average molecular weight is 278 g/mol. The second kappa shape index (κ2) is 4.33. The van der Waals surface area contributed by atoms with Crippen LogP contribution in [0.3, 0.4) is 0 Å². The largest absolute Gasteiger partial charge is 0.487 e. The number of hydrogen-bond donors (Lipinski definition) is 0. The van der Waals surface area contributed by atoms with E-state index >= 15 is 0 Å². The maximum atomic E-state index is 10.6. The minimum absolute atomic E-state index is 0.119. The van der Waals surface area contributed by atoms with Crippen LogP contribution in [0.15, 0.2) is 12.1 Å². The highest BCUT2D eigenvalue weighted by Gasteiger charge is 2.40. The van der Waals surface area contributed by atoms with Crippen LogP contribution in [0.25, 0.3) is 0 Å². The third-order valence-corrected chi connectivity index (χ3v) is 2.91. The van der Waals surface area contributed by atoms with Gasteiger partial charge in [0.05, 0.1) is 21.6 Å². The molecule has 0 bridgehead atoms. The Bertz CT molecular complexity index is 450. The van der Waals surface area contributed by atoms with Gasteiger partial charge in [-0.1, -0.05) is 23.2 Å². The lowest BCUT2D eigenvalue weighted by atomic mass is 10.2. The van der Waals surface area contributed by atoms with E-state index in [0.29, 0.717) is 13.2 Å². The molecule has 1 saturated heterocycles. The van der Waals surface area contributed by atoms with Gasteiger partial charge in [0.2, 0.25) is 0 Å². The normalized spacial score (nSPS) is 22.3. The molecule has 0 amide bonds. The molecule has 1 unspecified atom stereocenters. The van der Waals surface area contributed by atoms with Crippen molar-refractivity contribution in [1.29, 1.82) is 0 Å². The van der Waals surface area contributed by atoms with Crippen LogP contribution in [0, 0.1) is 10.1 Å². The van der Waals surface area contributed by atoms with Crippen molar-refractivity contribution in [2.45, 2.75) is 12.5 Å². The Morgan fingerprint density at radius 2 is 2.06 bits per heavy atom. The minimum Gasteiger partial charge on any atom is -0.487 e. The van der Waals surface area contributed by atoms with Crippen molar-refractivity contribution in [2.24, 2.45) is 0 Å². The zero-order valence-electron chi connectivity index (χ0n) is 8.91. The maximum absolute atomic E-state index is 10.6. The summed E-state index contributed by atoms with van der Waals surface area (Å²) in [5, 5.41) is 10.8. The summed E-state index contributed by atoms with van der Waals surface area (Å²) >= 11 is 11.7. The molecule has 1 aromatic carbocycles. The quantitative estimate of drug-likeness (QED) is 0.482. The SMILES string of the molecule is CC1(COc2c(Cl)cc([N+](=O)[O-])cc2Cl)CO1. The summed E-state index contributed by atoms with van der Waals surface area (Å²) in [6.07, 6.45) is 0. The molecule has 7 heteroatoms. The molecular formula is C10H9Cl2NO4. The van der Waals surface area contributed by atoms with Crippen molar-refractivity contribution >= 4 is 28.9 Å². The smallest absolute Gasteiger partial charge is 0.272 e. The van der Waals surface area contributed by atoms with Gasteiger partial charge in [0.1, 0.15) is 12.2 Å². The number of epoxide rings is 1. The van der Waals surface area contributed by atoms with Crippen molar-refractivity contribution in [3.63, 3.8) is 0 Å². The Kier molecular flexibility index (Phi) is 3.16. The van der Waals surface area contributed by atoms with Crippen LogP contribution < -0.4 is 4.74 Å². The molecule has 0 N–H and O–H groups in total. The molecule has 0 aliphatic carbocycles. The molecule has 0 radical (unpaired) electrons. The molecule has 17 heavy (non-hydrogen) atoms. The topological polar surface area (TPSA) is 64.9 Å². The minimum atomic E-state index is -0.563. The summed E-state index contributed by atoms with van der Waals surface area (Å²) in [5.41, 5.74) is -0.463. The summed E-state index contributed by atoms with van der Waals surface area (Å²) in [6, 6.07) is 2.41. The summed E-state index contributed by atoms with van der Waals surface area (Å²) in [7, 11) is 0. The van der Waals surface area contributed by atoms with Crippen molar-refractivity contribution in [1.82, 2.24) is 0 Å². The van der Waals surface area contributed by atoms with Crippen LogP contribution >= 0.6 is 23.2 Å². The zero-order valence-corrected chi connectivity index (χ0v) is 10.4. The van der Waals surface area contributed by atoms with Crippen molar-refractivity contribution in [3.8, 4) is 5.75 Å². The fourth-order valence-electron chi connectivity index (χ4n) is 1.22. The van der Waals surface area contributed by atoms with E-state index in [1.165, 1.54) is 12.1 Å². The highest BCUT2D eigenvalue weighted by molar-refractivity contribution is 6.37. The number of non-ortho nitro benzene ring substituents is 1. The first kappa shape index (κ1) is 12.4. The Morgan fingerprint density at radius 3 is 2.47 bits per heavy atom. The lowest BCUT2D eigenvalue weighted by Gasteiger charge is -2.11. The molecule has 1 aliphatic rings. The molecule has 1 heterocycles. The van der Waals surface area contributed by atoms with Gasteiger partial charge in [-0.2, -0.15) is 0 Å². The van der Waals surface area contributed by atoms with E-state index in [2.05, 4.69) is 0 Å². The van der Waals surface area contributed by atoms with Crippen LogP contribution in [-0.4, -0.2) is 23.7 Å². The Morgan fingerprint density at radius 1 is 1.53 bits per heavy atom. The first-order valence-electron chi connectivity index (χ1n) is 4.81. The predicted molar refractivity (Wildman–Crippen MR) is 63.0 cm³/mol. The van der Waals surface area contributed by atoms with Gasteiger partial charge < -0.3 is 9.47 Å². The van der Waals surface area contributed by atoms with Gasteiger partial charge in [-0.15, -0.1) is 0 Å². The molecule has 0 saturated carbocycles. The van der Waals surface area contributed by atoms with Crippen LogP contribution in [0.4, 0.5) is 5.69 Å². The number of hydrogen-bond acceptors (Lipinski definition) is 4. The zero-order chi connectivity index (χ0) is 12.6. The van der Waals surface area contributed by atoms with Crippen molar-refractivity contribution in [3.05, 3.63) is 32.3 Å². The summed E-state index contributed by atoms with van der Waals surface area (Å²) in [6.45, 7) is 2.82. The van der Waals surface area contributed by atoms with Gasteiger partial charge in [-0.05, 0) is 6.92 Å². The van der Waals surface area contributed by atoms with Crippen LogP contribution in [0.2, 0.25) is 10.0 Å². The van der Waals surface area contributed by atoms with E-state index in [1.54, 1.807) is 0 Å². The van der Waals surface area contributed by atoms with Crippen LogP contribution in [-0.2, 0) is 4.74 Å². The van der Waals surface area contributed by atoms with Gasteiger partial charge in [-0.3, -0.25) is 10.1 Å². The molecule has 0 spiro atoms. The fourth-order valence-corrected chi connectivity index (χ4v) is 1.81. The lowest BCUT2D eigenvalue weighted by molar-refractivity contribution is -0.384. The highest BCUT2D eigenvalue weighted by Crippen LogP contribution is 2.38. The molecule has 92 valence electrons. The van der Waals surface area contributed by atoms with Crippen LogP contribution in [0.5, 0.6) is 5.75 Å². The first-order chi connectivity index (χ1) is 7.91. The number of ether oxygens (including phenoxy) is 2. The summed E-state index contributed by atoms with van der Waals surface area (Å²) in [5.74, 6) is 0.246. The Balaban J connectivity index is 2.19. The molecule has 0 aromatic heterocycles. The molecule has 1 aliphatic heterocycles. The predicted octanol–water partition coefficient (Wildman–Crippen LogP) is 3.07. The molecule has 1 aromatic rings. The molecule has 5 nitrogen and oxygen atoms in total. The van der Waals surface area contributed by atoms with Crippen molar-refractivity contribution in [2.75, 3.05) is 13.2 Å². The van der Waals surface area contributed by atoms with E-state index in [0.717, 1.165) is 0 Å². The number of nitro benzene ring substituents is 1. The van der Waals surface area contributed by atoms with E-state index in [1.807, 2.05) is 6.92 Å². The second-order valence-corrected chi connectivity index (χ2v) is 4.84. The Labute approximate surface area is 107 Å².